The van der Waals surface area contributed by atoms with Gasteiger partial charge in [0.2, 0.25) is 0 Å². The van der Waals surface area contributed by atoms with Gasteiger partial charge < -0.3 is 19.6 Å². The van der Waals surface area contributed by atoms with Crippen LogP contribution in [0.15, 0.2) is 27.4 Å². The van der Waals surface area contributed by atoms with Crippen molar-refractivity contribution in [2.45, 2.75) is 51.7 Å². The Kier molecular flexibility index (Phi) is 5.21. The highest BCUT2D eigenvalue weighted by molar-refractivity contribution is 5.87. The number of ether oxygens (including phenoxy) is 1. The van der Waals surface area contributed by atoms with Gasteiger partial charge in [-0.2, -0.15) is 0 Å². The lowest BCUT2D eigenvalue weighted by atomic mass is 9.90. The fourth-order valence-corrected chi connectivity index (χ4v) is 3.23. The van der Waals surface area contributed by atoms with Gasteiger partial charge in [-0.1, -0.05) is 6.07 Å². The Hall–Kier alpha value is -1.85. The van der Waals surface area contributed by atoms with Crippen molar-refractivity contribution in [3.63, 3.8) is 0 Å². The first kappa shape index (κ1) is 17.0. The third kappa shape index (κ3) is 3.62. The average molecular weight is 331 g/mol. The smallest absolute Gasteiger partial charge is 0.339 e. The van der Waals surface area contributed by atoms with Gasteiger partial charge in [-0.3, -0.25) is 0 Å². The van der Waals surface area contributed by atoms with Crippen LogP contribution >= 0.6 is 0 Å². The van der Waals surface area contributed by atoms with E-state index < -0.39 is 0 Å². The van der Waals surface area contributed by atoms with Crippen LogP contribution in [-0.2, 0) is 12.8 Å². The second-order valence-electron chi connectivity index (χ2n) is 6.65. The molecule has 2 atom stereocenters. The van der Waals surface area contributed by atoms with Gasteiger partial charge >= 0.3 is 5.63 Å². The van der Waals surface area contributed by atoms with Crippen LogP contribution in [0.3, 0.4) is 0 Å². The van der Waals surface area contributed by atoms with Crippen molar-refractivity contribution >= 4 is 11.0 Å². The summed E-state index contributed by atoms with van der Waals surface area (Å²) in [4.78, 5) is 12.2. The molecule has 2 N–H and O–H groups in total. The Balaban J connectivity index is 1.87. The summed E-state index contributed by atoms with van der Waals surface area (Å²) in [5.41, 5.74) is 2.29. The summed E-state index contributed by atoms with van der Waals surface area (Å²) in [7, 11) is 0. The van der Waals surface area contributed by atoms with Crippen LogP contribution in [0, 0.1) is 0 Å². The lowest BCUT2D eigenvalue weighted by Gasteiger charge is -2.20. The SMILES string of the molecule is CC(O)CNC(C)COc1cccc2oc(=O)c3c(c12)CCCC3. The number of aryl methyl sites for hydroxylation is 1. The van der Waals surface area contributed by atoms with Gasteiger partial charge in [0.05, 0.1) is 11.5 Å². The number of aliphatic hydroxyl groups is 1. The maximum atomic E-state index is 12.2. The van der Waals surface area contributed by atoms with Gasteiger partial charge in [0.1, 0.15) is 17.9 Å². The second kappa shape index (κ2) is 7.36. The molecule has 0 aliphatic heterocycles. The van der Waals surface area contributed by atoms with Crippen LogP contribution in [0.2, 0.25) is 0 Å². The van der Waals surface area contributed by atoms with Crippen molar-refractivity contribution in [2.24, 2.45) is 0 Å². The van der Waals surface area contributed by atoms with Gasteiger partial charge in [-0.05, 0) is 57.2 Å². The molecule has 3 rings (SSSR count). The molecule has 0 radical (unpaired) electrons. The normalized spacial score (nSPS) is 16.6. The average Bonchev–Trinajstić information content (AvgIpc) is 2.58. The third-order valence-corrected chi connectivity index (χ3v) is 4.46. The van der Waals surface area contributed by atoms with Gasteiger partial charge in [-0.25, -0.2) is 4.79 Å². The monoisotopic (exact) mass is 331 g/mol. The molecule has 0 saturated heterocycles. The Bertz CT molecular complexity index is 766. The Morgan fingerprint density at radius 3 is 2.75 bits per heavy atom. The molecule has 2 aromatic rings. The second-order valence-corrected chi connectivity index (χ2v) is 6.65. The predicted octanol–water partition coefficient (Wildman–Crippen LogP) is 2.41. The lowest BCUT2D eigenvalue weighted by molar-refractivity contribution is 0.179. The minimum atomic E-state index is -0.383. The molecule has 1 aliphatic carbocycles. The minimum Gasteiger partial charge on any atom is -0.491 e. The molecule has 5 nitrogen and oxygen atoms in total. The number of benzene rings is 1. The van der Waals surface area contributed by atoms with E-state index in [9.17, 15) is 9.90 Å². The summed E-state index contributed by atoms with van der Waals surface area (Å²) >= 11 is 0. The summed E-state index contributed by atoms with van der Waals surface area (Å²) < 4.78 is 11.5. The highest BCUT2D eigenvalue weighted by Gasteiger charge is 2.20. The number of fused-ring (bicyclic) bond motifs is 3. The minimum absolute atomic E-state index is 0.112. The molecule has 0 spiro atoms. The van der Waals surface area contributed by atoms with E-state index in [0.29, 0.717) is 18.7 Å². The summed E-state index contributed by atoms with van der Waals surface area (Å²) in [5.74, 6) is 0.764. The maximum Gasteiger partial charge on any atom is 0.339 e. The standard InChI is InChI=1S/C19H25NO4/c1-12(20-10-13(2)21)11-23-16-8-5-9-17-18(16)14-6-3-4-7-15(14)19(22)24-17/h5,8-9,12-13,20-21H,3-4,6-7,10-11H2,1-2H3. The van der Waals surface area contributed by atoms with E-state index in [4.69, 9.17) is 9.15 Å². The fraction of sp³-hybridized carbons (Fsp3) is 0.526. The van der Waals surface area contributed by atoms with Crippen molar-refractivity contribution in [1.29, 1.82) is 0 Å². The topological polar surface area (TPSA) is 71.7 Å². The molecule has 0 fully saturated rings. The summed E-state index contributed by atoms with van der Waals surface area (Å²) in [6, 6.07) is 5.72. The molecule has 5 heteroatoms. The van der Waals surface area contributed by atoms with E-state index in [1.807, 2.05) is 25.1 Å². The molecule has 1 aromatic carbocycles. The van der Waals surface area contributed by atoms with Crippen molar-refractivity contribution in [2.75, 3.05) is 13.2 Å². The summed E-state index contributed by atoms with van der Waals surface area (Å²) in [6.07, 6.45) is 3.42. The predicted molar refractivity (Wildman–Crippen MR) is 93.8 cm³/mol. The van der Waals surface area contributed by atoms with E-state index in [2.05, 4.69) is 5.32 Å². The Labute approximate surface area is 141 Å². The third-order valence-electron chi connectivity index (χ3n) is 4.46. The number of rotatable bonds is 6. The molecule has 2 unspecified atom stereocenters. The van der Waals surface area contributed by atoms with Crippen LogP contribution in [0.25, 0.3) is 11.0 Å². The van der Waals surface area contributed by atoms with E-state index >= 15 is 0 Å². The van der Waals surface area contributed by atoms with Crippen LogP contribution < -0.4 is 15.7 Å². The van der Waals surface area contributed by atoms with Crippen molar-refractivity contribution in [1.82, 2.24) is 5.32 Å². The van der Waals surface area contributed by atoms with Crippen molar-refractivity contribution in [3.05, 3.63) is 39.7 Å². The highest BCUT2D eigenvalue weighted by Crippen LogP contribution is 2.33. The first-order valence-electron chi connectivity index (χ1n) is 8.68. The number of aliphatic hydroxyl groups excluding tert-OH is 1. The molecule has 0 bridgehead atoms. The molecule has 1 aliphatic rings. The Morgan fingerprint density at radius 2 is 2.00 bits per heavy atom. The molecule has 0 saturated carbocycles. The van der Waals surface area contributed by atoms with Crippen molar-refractivity contribution in [3.8, 4) is 5.75 Å². The van der Waals surface area contributed by atoms with Gasteiger partial charge in [0, 0.05) is 18.2 Å². The molecule has 1 heterocycles. The zero-order valence-electron chi connectivity index (χ0n) is 14.3. The van der Waals surface area contributed by atoms with Gasteiger partial charge in [0.15, 0.2) is 0 Å². The fourth-order valence-electron chi connectivity index (χ4n) is 3.23. The zero-order chi connectivity index (χ0) is 17.1. The maximum absolute atomic E-state index is 12.2. The lowest BCUT2D eigenvalue weighted by Crippen LogP contribution is -2.36. The quantitative estimate of drug-likeness (QED) is 0.796. The van der Waals surface area contributed by atoms with Crippen LogP contribution in [0.4, 0.5) is 0 Å². The molecular weight excluding hydrogens is 306 g/mol. The molecule has 130 valence electrons. The first-order chi connectivity index (χ1) is 11.6. The molecular formula is C19H25NO4. The first-order valence-corrected chi connectivity index (χ1v) is 8.68. The van der Waals surface area contributed by atoms with E-state index in [1.165, 1.54) is 0 Å². The van der Waals surface area contributed by atoms with Crippen LogP contribution in [-0.4, -0.2) is 30.4 Å². The molecule has 0 amide bonds. The van der Waals surface area contributed by atoms with Crippen LogP contribution in [0.5, 0.6) is 5.75 Å². The number of hydrogen-bond donors (Lipinski definition) is 2. The van der Waals surface area contributed by atoms with Gasteiger partial charge in [0.25, 0.3) is 0 Å². The summed E-state index contributed by atoms with van der Waals surface area (Å²) in [5, 5.41) is 13.5. The Morgan fingerprint density at radius 1 is 1.25 bits per heavy atom. The molecule has 24 heavy (non-hydrogen) atoms. The number of hydrogen-bond acceptors (Lipinski definition) is 5. The van der Waals surface area contributed by atoms with Gasteiger partial charge in [-0.15, -0.1) is 0 Å². The highest BCUT2D eigenvalue weighted by atomic mass is 16.5. The largest absolute Gasteiger partial charge is 0.491 e. The summed E-state index contributed by atoms with van der Waals surface area (Å²) in [6.45, 7) is 4.78. The zero-order valence-corrected chi connectivity index (χ0v) is 14.3. The van der Waals surface area contributed by atoms with E-state index in [0.717, 1.165) is 47.9 Å². The van der Waals surface area contributed by atoms with Crippen LogP contribution in [0.1, 0.15) is 37.8 Å². The van der Waals surface area contributed by atoms with E-state index in [1.54, 1.807) is 6.92 Å². The van der Waals surface area contributed by atoms with Crippen molar-refractivity contribution < 1.29 is 14.3 Å². The number of nitrogens with one attached hydrogen (secondary N) is 1. The molecule has 1 aromatic heterocycles. The van der Waals surface area contributed by atoms with E-state index in [-0.39, 0.29) is 17.8 Å².